The number of H-pyrrole nitrogens is 1. The summed E-state index contributed by atoms with van der Waals surface area (Å²) in [6, 6.07) is 0. The van der Waals surface area contributed by atoms with Crippen molar-refractivity contribution in [2.45, 2.75) is 11.7 Å². The molecule has 0 aliphatic rings. The molecule has 1 rings (SSSR count). The van der Waals surface area contributed by atoms with Crippen LogP contribution < -0.4 is 10.3 Å². The maximum atomic E-state index is 12.0. The van der Waals surface area contributed by atoms with Crippen molar-refractivity contribution in [2.75, 3.05) is 0 Å². The van der Waals surface area contributed by atoms with Crippen LogP contribution in [0.1, 0.15) is 15.9 Å². The molecule has 0 saturated carbocycles. The summed E-state index contributed by atoms with van der Waals surface area (Å²) in [6.07, 6.45) is -3.92. The van der Waals surface area contributed by atoms with Crippen LogP contribution in [0.3, 0.4) is 0 Å². The van der Waals surface area contributed by atoms with Crippen molar-refractivity contribution in [1.82, 2.24) is 4.98 Å². The molecule has 0 atom stereocenters. The third kappa shape index (κ3) is 2.84. The molecule has 0 radical (unpaired) electrons. The van der Waals surface area contributed by atoms with Crippen LogP contribution in [0.5, 0.6) is 5.75 Å². The zero-order valence-corrected chi connectivity index (χ0v) is 9.18. The van der Waals surface area contributed by atoms with Crippen molar-refractivity contribution in [2.24, 2.45) is 0 Å². The van der Waals surface area contributed by atoms with Gasteiger partial charge in [0.25, 0.3) is 5.56 Å². The van der Waals surface area contributed by atoms with Crippen LogP contribution in [-0.2, 0) is 5.33 Å². The number of halogens is 4. The third-order valence-electron chi connectivity index (χ3n) is 1.65. The van der Waals surface area contributed by atoms with E-state index in [1.165, 1.54) is 0 Å². The molecule has 0 amide bonds. The molecule has 0 unspecified atom stereocenters. The molecule has 0 aliphatic carbocycles. The second kappa shape index (κ2) is 4.69. The molecule has 1 aromatic heterocycles. The number of aldehydes is 1. The summed E-state index contributed by atoms with van der Waals surface area (Å²) in [6.45, 7) is 0. The number of aromatic amines is 1. The fourth-order valence-electron chi connectivity index (χ4n) is 1.02. The molecule has 0 aromatic carbocycles. The second-order valence-corrected chi connectivity index (χ2v) is 3.24. The van der Waals surface area contributed by atoms with Crippen LogP contribution in [0.4, 0.5) is 13.2 Å². The summed E-state index contributed by atoms with van der Waals surface area (Å²) in [5.74, 6) is -0.775. The first-order chi connectivity index (χ1) is 7.39. The molecule has 8 heteroatoms. The summed E-state index contributed by atoms with van der Waals surface area (Å²) in [7, 11) is 0. The van der Waals surface area contributed by atoms with Crippen LogP contribution in [-0.4, -0.2) is 17.6 Å². The SMILES string of the molecule is O=Cc1c[nH]c(=O)c(CBr)c1OC(F)(F)F. The van der Waals surface area contributed by atoms with Crippen molar-refractivity contribution in [3.63, 3.8) is 0 Å². The van der Waals surface area contributed by atoms with Gasteiger partial charge in [-0.15, -0.1) is 13.2 Å². The van der Waals surface area contributed by atoms with E-state index in [0.717, 1.165) is 6.20 Å². The lowest BCUT2D eigenvalue weighted by molar-refractivity contribution is -0.275. The molecule has 1 heterocycles. The summed E-state index contributed by atoms with van der Waals surface area (Å²) in [5, 5.41) is -0.157. The number of pyridine rings is 1. The van der Waals surface area contributed by atoms with E-state index in [0.29, 0.717) is 0 Å². The lowest BCUT2D eigenvalue weighted by Gasteiger charge is -2.12. The fourth-order valence-corrected chi connectivity index (χ4v) is 1.53. The number of hydrogen-bond donors (Lipinski definition) is 1. The van der Waals surface area contributed by atoms with E-state index in [1.807, 2.05) is 0 Å². The minimum atomic E-state index is -4.96. The number of alkyl halides is 4. The molecular weight excluding hydrogens is 295 g/mol. The van der Waals surface area contributed by atoms with Crippen LogP contribution in [0.2, 0.25) is 0 Å². The summed E-state index contributed by atoms with van der Waals surface area (Å²) < 4.78 is 39.8. The van der Waals surface area contributed by atoms with Crippen molar-refractivity contribution in [3.8, 4) is 5.75 Å². The standard InChI is InChI=1S/C8H5BrF3NO3/c9-1-5-6(16-8(10,11)12)4(3-14)2-13-7(5)15/h2-3H,1H2,(H,13,15). The van der Waals surface area contributed by atoms with Gasteiger partial charge in [0.05, 0.1) is 11.1 Å². The molecule has 0 bridgehead atoms. The third-order valence-corrected chi connectivity index (χ3v) is 2.21. The Morgan fingerprint density at radius 1 is 1.50 bits per heavy atom. The Labute approximate surface area is 95.5 Å². The van der Waals surface area contributed by atoms with E-state index in [9.17, 15) is 22.8 Å². The second-order valence-electron chi connectivity index (χ2n) is 2.68. The smallest absolute Gasteiger partial charge is 0.404 e. The predicted octanol–water partition coefficient (Wildman–Crippen LogP) is 1.98. The topological polar surface area (TPSA) is 59.2 Å². The Hall–Kier alpha value is -1.31. The van der Waals surface area contributed by atoms with Crippen molar-refractivity contribution >= 4 is 22.2 Å². The Morgan fingerprint density at radius 3 is 2.56 bits per heavy atom. The van der Waals surface area contributed by atoms with Crippen molar-refractivity contribution in [3.05, 3.63) is 27.7 Å². The van der Waals surface area contributed by atoms with Gasteiger partial charge in [0, 0.05) is 11.5 Å². The molecule has 0 saturated heterocycles. The maximum absolute atomic E-state index is 12.0. The molecule has 16 heavy (non-hydrogen) atoms. The zero-order chi connectivity index (χ0) is 12.3. The first kappa shape index (κ1) is 12.8. The zero-order valence-electron chi connectivity index (χ0n) is 7.60. The van der Waals surface area contributed by atoms with Gasteiger partial charge in [-0.25, -0.2) is 0 Å². The number of hydrogen-bond acceptors (Lipinski definition) is 3. The predicted molar refractivity (Wildman–Crippen MR) is 51.8 cm³/mol. The van der Waals surface area contributed by atoms with Gasteiger partial charge in [-0.05, 0) is 0 Å². The molecule has 0 aliphatic heterocycles. The van der Waals surface area contributed by atoms with Gasteiger partial charge < -0.3 is 9.72 Å². The molecule has 88 valence electrons. The van der Waals surface area contributed by atoms with Gasteiger partial charge in [0.2, 0.25) is 0 Å². The average molecular weight is 300 g/mol. The largest absolute Gasteiger partial charge is 0.573 e. The maximum Gasteiger partial charge on any atom is 0.573 e. The van der Waals surface area contributed by atoms with E-state index < -0.39 is 17.7 Å². The van der Waals surface area contributed by atoms with Gasteiger partial charge in [-0.2, -0.15) is 0 Å². The number of carbonyl (C=O) groups is 1. The summed E-state index contributed by atoms with van der Waals surface area (Å²) in [4.78, 5) is 23.8. The van der Waals surface area contributed by atoms with E-state index in [4.69, 9.17) is 0 Å². The number of carbonyl (C=O) groups excluding carboxylic acids is 1. The lowest BCUT2D eigenvalue weighted by Crippen LogP contribution is -2.23. The van der Waals surface area contributed by atoms with Crippen LogP contribution in [0.25, 0.3) is 0 Å². The van der Waals surface area contributed by atoms with Crippen LogP contribution in [0.15, 0.2) is 11.0 Å². The molecule has 1 aromatic rings. The lowest BCUT2D eigenvalue weighted by atomic mass is 10.2. The number of nitrogens with one attached hydrogen (secondary N) is 1. The molecule has 1 N–H and O–H groups in total. The van der Waals surface area contributed by atoms with Crippen molar-refractivity contribution in [1.29, 1.82) is 0 Å². The molecule has 0 fully saturated rings. The highest BCUT2D eigenvalue weighted by molar-refractivity contribution is 9.08. The van der Waals surface area contributed by atoms with E-state index >= 15 is 0 Å². The van der Waals surface area contributed by atoms with Crippen LogP contribution in [0, 0.1) is 0 Å². The van der Waals surface area contributed by atoms with Crippen LogP contribution >= 0.6 is 15.9 Å². The Kier molecular flexibility index (Phi) is 3.74. The monoisotopic (exact) mass is 299 g/mol. The first-order valence-electron chi connectivity index (χ1n) is 3.90. The van der Waals surface area contributed by atoms with Gasteiger partial charge in [-0.1, -0.05) is 15.9 Å². The minimum Gasteiger partial charge on any atom is -0.404 e. The fraction of sp³-hybridized carbons (Fsp3) is 0.250. The number of ether oxygens (including phenoxy) is 1. The Bertz CT molecular complexity index is 455. The molecule has 4 nitrogen and oxygen atoms in total. The normalized spacial score (nSPS) is 11.2. The Balaban J connectivity index is 3.37. The summed E-state index contributed by atoms with van der Waals surface area (Å²) >= 11 is 2.85. The van der Waals surface area contributed by atoms with Crippen molar-refractivity contribution < 1.29 is 22.7 Å². The van der Waals surface area contributed by atoms with E-state index in [2.05, 4.69) is 25.7 Å². The highest BCUT2D eigenvalue weighted by Crippen LogP contribution is 2.28. The number of aromatic nitrogens is 1. The average Bonchev–Trinajstić information content (AvgIpc) is 2.16. The minimum absolute atomic E-state index is 0.157. The van der Waals surface area contributed by atoms with E-state index in [-0.39, 0.29) is 22.7 Å². The Morgan fingerprint density at radius 2 is 2.12 bits per heavy atom. The quantitative estimate of drug-likeness (QED) is 0.686. The summed E-state index contributed by atoms with van der Waals surface area (Å²) in [5.41, 5.74) is -1.41. The highest BCUT2D eigenvalue weighted by Gasteiger charge is 2.33. The van der Waals surface area contributed by atoms with Gasteiger partial charge in [0.1, 0.15) is 0 Å². The van der Waals surface area contributed by atoms with E-state index in [1.54, 1.807) is 0 Å². The van der Waals surface area contributed by atoms with Gasteiger partial charge in [-0.3, -0.25) is 9.59 Å². The first-order valence-corrected chi connectivity index (χ1v) is 5.02. The number of rotatable bonds is 3. The van der Waals surface area contributed by atoms with Gasteiger partial charge >= 0.3 is 6.36 Å². The highest BCUT2D eigenvalue weighted by atomic mass is 79.9. The van der Waals surface area contributed by atoms with Gasteiger partial charge in [0.15, 0.2) is 12.0 Å². The molecular formula is C8H5BrF3NO3. The molecule has 0 spiro atoms.